The largest absolute Gasteiger partial charge is 0.396 e. The van der Waals surface area contributed by atoms with E-state index in [4.69, 9.17) is 14.3 Å². The fourth-order valence-corrected chi connectivity index (χ4v) is 2.83. The molecule has 0 aromatic heterocycles. The molecule has 0 saturated heterocycles. The monoisotopic (exact) mass is 342 g/mol. The van der Waals surface area contributed by atoms with Gasteiger partial charge < -0.3 is 24.5 Å². The standard InChI is InChI=1S/C14H31O5PS/c1-2-3-4-5-6-7-8-9-10-14(11-15,12-16)13-19-20(17,18)21/h15-16H,2-13H2,1H3,(H2,17,18,21). The Kier molecular flexibility index (Phi) is 12.2. The Labute approximate surface area is 133 Å². The zero-order chi connectivity index (χ0) is 16.2. The Balaban J connectivity index is 3.90. The fourth-order valence-electron chi connectivity index (χ4n) is 2.23. The quantitative estimate of drug-likeness (QED) is 0.287. The van der Waals surface area contributed by atoms with Crippen LogP contribution in [-0.2, 0) is 16.3 Å². The summed E-state index contributed by atoms with van der Waals surface area (Å²) in [5, 5.41) is 18.9. The van der Waals surface area contributed by atoms with Gasteiger partial charge in [0.25, 0.3) is 0 Å². The molecule has 21 heavy (non-hydrogen) atoms. The van der Waals surface area contributed by atoms with E-state index in [0.29, 0.717) is 6.42 Å². The third-order valence-electron chi connectivity index (χ3n) is 3.77. The van der Waals surface area contributed by atoms with Crippen LogP contribution in [0.4, 0.5) is 0 Å². The van der Waals surface area contributed by atoms with Gasteiger partial charge in [0, 0.05) is 5.41 Å². The highest BCUT2D eigenvalue weighted by atomic mass is 32.5. The van der Waals surface area contributed by atoms with Gasteiger partial charge in [-0.05, 0) is 18.2 Å². The molecule has 0 rings (SSSR count). The van der Waals surface area contributed by atoms with Gasteiger partial charge in [-0.25, -0.2) is 0 Å². The number of aliphatic hydroxyl groups excluding tert-OH is 2. The van der Waals surface area contributed by atoms with E-state index in [1.54, 1.807) is 0 Å². The van der Waals surface area contributed by atoms with Crippen LogP contribution in [0.5, 0.6) is 0 Å². The van der Waals surface area contributed by atoms with Crippen LogP contribution in [0.3, 0.4) is 0 Å². The molecule has 0 spiro atoms. The lowest BCUT2D eigenvalue weighted by Gasteiger charge is -2.30. The van der Waals surface area contributed by atoms with Crippen molar-refractivity contribution in [3.8, 4) is 0 Å². The molecule has 7 heteroatoms. The minimum Gasteiger partial charge on any atom is -0.396 e. The Morgan fingerprint density at radius 2 is 1.38 bits per heavy atom. The number of unbranched alkanes of at least 4 members (excludes halogenated alkanes) is 7. The van der Waals surface area contributed by atoms with Gasteiger partial charge in [0.1, 0.15) is 0 Å². The van der Waals surface area contributed by atoms with Crippen molar-refractivity contribution in [3.05, 3.63) is 0 Å². The molecule has 5 nitrogen and oxygen atoms in total. The highest BCUT2D eigenvalue weighted by Gasteiger charge is 2.30. The van der Waals surface area contributed by atoms with Crippen molar-refractivity contribution in [2.24, 2.45) is 5.41 Å². The maximum atomic E-state index is 9.45. The van der Waals surface area contributed by atoms with Crippen LogP contribution in [0, 0.1) is 5.41 Å². The summed E-state index contributed by atoms with van der Waals surface area (Å²) >= 11 is 4.39. The Morgan fingerprint density at radius 3 is 1.81 bits per heavy atom. The van der Waals surface area contributed by atoms with Crippen molar-refractivity contribution in [1.82, 2.24) is 0 Å². The normalized spacial score (nSPS) is 12.8. The first-order chi connectivity index (χ1) is 9.89. The molecule has 0 aliphatic carbocycles. The van der Waals surface area contributed by atoms with Gasteiger partial charge in [0.15, 0.2) is 0 Å². The van der Waals surface area contributed by atoms with Crippen LogP contribution in [-0.4, -0.2) is 39.8 Å². The van der Waals surface area contributed by atoms with Crippen molar-refractivity contribution in [1.29, 1.82) is 0 Å². The maximum Gasteiger partial charge on any atom is 0.321 e. The number of aliphatic hydroxyl groups is 2. The summed E-state index contributed by atoms with van der Waals surface area (Å²) in [6.45, 7) is -2.17. The first-order valence-electron chi connectivity index (χ1n) is 7.81. The van der Waals surface area contributed by atoms with E-state index in [1.165, 1.54) is 32.1 Å². The lowest BCUT2D eigenvalue weighted by Crippen LogP contribution is -2.34. The maximum absolute atomic E-state index is 9.45. The van der Waals surface area contributed by atoms with Crippen molar-refractivity contribution in [3.63, 3.8) is 0 Å². The third-order valence-corrected chi connectivity index (χ3v) is 4.55. The van der Waals surface area contributed by atoms with E-state index < -0.39 is 12.1 Å². The van der Waals surface area contributed by atoms with E-state index in [-0.39, 0.29) is 19.8 Å². The van der Waals surface area contributed by atoms with Gasteiger partial charge in [0.2, 0.25) is 0 Å². The summed E-state index contributed by atoms with van der Waals surface area (Å²) < 4.78 is 4.82. The molecular weight excluding hydrogens is 311 g/mol. The average molecular weight is 342 g/mol. The second kappa shape index (κ2) is 11.9. The summed E-state index contributed by atoms with van der Waals surface area (Å²) in [5.74, 6) is 0. The van der Waals surface area contributed by atoms with E-state index in [2.05, 4.69) is 18.7 Å². The molecular formula is C14H31O5PS. The third kappa shape index (κ3) is 11.6. The van der Waals surface area contributed by atoms with Gasteiger partial charge in [0.05, 0.1) is 19.8 Å². The highest BCUT2D eigenvalue weighted by molar-refractivity contribution is 8.06. The molecule has 128 valence electrons. The zero-order valence-corrected chi connectivity index (χ0v) is 14.7. The SMILES string of the molecule is CCCCCCCCCCC(CO)(CO)COP(O)(O)=S. The van der Waals surface area contributed by atoms with Crippen molar-refractivity contribution < 1.29 is 24.5 Å². The predicted octanol–water partition coefficient (Wildman–Crippen LogP) is 2.71. The van der Waals surface area contributed by atoms with Gasteiger partial charge in [-0.2, -0.15) is 0 Å². The second-order valence-electron chi connectivity index (χ2n) is 5.81. The van der Waals surface area contributed by atoms with Crippen LogP contribution >= 0.6 is 6.72 Å². The summed E-state index contributed by atoms with van der Waals surface area (Å²) in [6.07, 6.45) is 9.97. The van der Waals surface area contributed by atoms with Gasteiger partial charge in [-0.15, -0.1) is 0 Å². The van der Waals surface area contributed by atoms with Gasteiger partial charge >= 0.3 is 6.72 Å². The van der Waals surface area contributed by atoms with Crippen LogP contribution in [0.2, 0.25) is 0 Å². The lowest BCUT2D eigenvalue weighted by molar-refractivity contribution is 0.00244. The summed E-state index contributed by atoms with van der Waals surface area (Å²) in [6, 6.07) is 0. The molecule has 0 fully saturated rings. The van der Waals surface area contributed by atoms with Crippen molar-refractivity contribution in [2.75, 3.05) is 19.8 Å². The van der Waals surface area contributed by atoms with Crippen LogP contribution in [0.15, 0.2) is 0 Å². The van der Waals surface area contributed by atoms with E-state index in [1.807, 2.05) is 0 Å². The van der Waals surface area contributed by atoms with Gasteiger partial charge in [-0.1, -0.05) is 58.3 Å². The summed E-state index contributed by atoms with van der Waals surface area (Å²) in [5.41, 5.74) is -0.836. The second-order valence-corrected chi connectivity index (χ2v) is 8.47. The first-order valence-corrected chi connectivity index (χ1v) is 10.4. The molecule has 0 aliphatic rings. The molecule has 0 amide bonds. The fraction of sp³-hybridized carbons (Fsp3) is 1.00. The number of hydrogen-bond donors (Lipinski definition) is 4. The van der Waals surface area contributed by atoms with Crippen LogP contribution in [0.1, 0.15) is 64.7 Å². The Bertz CT molecular complexity index is 291. The molecule has 0 aromatic carbocycles. The van der Waals surface area contributed by atoms with Crippen LogP contribution in [0.25, 0.3) is 0 Å². The minimum absolute atomic E-state index is 0.124. The van der Waals surface area contributed by atoms with Crippen molar-refractivity contribution >= 4 is 18.5 Å². The zero-order valence-electron chi connectivity index (χ0n) is 13.0. The lowest BCUT2D eigenvalue weighted by atomic mass is 9.85. The molecule has 0 unspecified atom stereocenters. The minimum atomic E-state index is -3.74. The van der Waals surface area contributed by atoms with E-state index in [9.17, 15) is 10.2 Å². The smallest absolute Gasteiger partial charge is 0.321 e. The number of hydrogen-bond acceptors (Lipinski definition) is 4. The van der Waals surface area contributed by atoms with E-state index in [0.717, 1.165) is 19.3 Å². The molecule has 0 aliphatic heterocycles. The average Bonchev–Trinajstić information content (AvgIpc) is 2.44. The van der Waals surface area contributed by atoms with E-state index >= 15 is 0 Å². The molecule has 0 heterocycles. The summed E-state index contributed by atoms with van der Waals surface area (Å²) in [7, 11) is 0. The van der Waals surface area contributed by atoms with Gasteiger partial charge in [-0.3, -0.25) is 0 Å². The molecule has 0 aromatic rings. The first kappa shape index (κ1) is 21.4. The topological polar surface area (TPSA) is 90.2 Å². The molecule has 0 radical (unpaired) electrons. The molecule has 0 atom stereocenters. The molecule has 0 bridgehead atoms. The number of rotatable bonds is 14. The molecule has 0 saturated carbocycles. The molecule has 4 N–H and O–H groups in total. The Hall–Kier alpha value is 0.450. The Morgan fingerprint density at radius 1 is 0.905 bits per heavy atom. The van der Waals surface area contributed by atoms with Crippen molar-refractivity contribution in [2.45, 2.75) is 64.7 Å². The highest BCUT2D eigenvalue weighted by Crippen LogP contribution is 2.39. The van der Waals surface area contributed by atoms with Crippen LogP contribution < -0.4 is 0 Å². The summed E-state index contributed by atoms with van der Waals surface area (Å²) in [4.78, 5) is 18.2. The predicted molar refractivity (Wildman–Crippen MR) is 88.5 cm³/mol.